The lowest BCUT2D eigenvalue weighted by molar-refractivity contribution is 0.102. The SMILES string of the molecule is CCc1ccc(CCO)c(C(=O)Nc2ccc(I)cc2)c1. The molecule has 21 heavy (non-hydrogen) atoms. The molecule has 0 atom stereocenters. The minimum absolute atomic E-state index is 0.0370. The number of anilines is 1. The molecule has 2 rings (SSSR count). The number of benzene rings is 2. The van der Waals surface area contributed by atoms with Crippen LogP contribution >= 0.6 is 22.6 Å². The van der Waals surface area contributed by atoms with Gasteiger partial charge in [0, 0.05) is 21.4 Å². The molecule has 3 nitrogen and oxygen atoms in total. The van der Waals surface area contributed by atoms with Crippen molar-refractivity contribution in [2.24, 2.45) is 0 Å². The molecular weight excluding hydrogens is 377 g/mol. The highest BCUT2D eigenvalue weighted by molar-refractivity contribution is 14.1. The van der Waals surface area contributed by atoms with Crippen molar-refractivity contribution >= 4 is 34.2 Å². The predicted octanol–water partition coefficient (Wildman–Crippen LogP) is 3.64. The van der Waals surface area contributed by atoms with E-state index in [0.29, 0.717) is 12.0 Å². The van der Waals surface area contributed by atoms with Crippen LogP contribution in [0.15, 0.2) is 42.5 Å². The third kappa shape index (κ3) is 4.28. The smallest absolute Gasteiger partial charge is 0.255 e. The largest absolute Gasteiger partial charge is 0.396 e. The number of aryl methyl sites for hydroxylation is 1. The summed E-state index contributed by atoms with van der Waals surface area (Å²) in [7, 11) is 0. The van der Waals surface area contributed by atoms with Gasteiger partial charge in [0.25, 0.3) is 5.91 Å². The topological polar surface area (TPSA) is 49.3 Å². The van der Waals surface area contributed by atoms with E-state index in [4.69, 9.17) is 5.11 Å². The van der Waals surface area contributed by atoms with Crippen LogP contribution < -0.4 is 5.32 Å². The average molecular weight is 395 g/mol. The zero-order valence-electron chi connectivity index (χ0n) is 11.9. The Morgan fingerprint density at radius 1 is 1.19 bits per heavy atom. The summed E-state index contributed by atoms with van der Waals surface area (Å²) in [6, 6.07) is 13.5. The van der Waals surface area contributed by atoms with Crippen LogP contribution in [0.1, 0.15) is 28.4 Å². The van der Waals surface area contributed by atoms with Crippen LogP contribution in [0, 0.1) is 3.57 Å². The van der Waals surface area contributed by atoms with Gasteiger partial charge in [0.1, 0.15) is 0 Å². The molecule has 0 saturated heterocycles. The second kappa shape index (κ2) is 7.56. The fourth-order valence-corrected chi connectivity index (χ4v) is 2.48. The van der Waals surface area contributed by atoms with Gasteiger partial charge < -0.3 is 10.4 Å². The lowest BCUT2D eigenvalue weighted by Crippen LogP contribution is -2.15. The molecule has 0 heterocycles. The zero-order valence-corrected chi connectivity index (χ0v) is 14.1. The summed E-state index contributed by atoms with van der Waals surface area (Å²) >= 11 is 2.23. The first-order chi connectivity index (χ1) is 10.1. The summed E-state index contributed by atoms with van der Waals surface area (Å²) in [5, 5.41) is 12.1. The molecule has 0 radical (unpaired) electrons. The zero-order chi connectivity index (χ0) is 15.2. The van der Waals surface area contributed by atoms with Gasteiger partial charge in [0.2, 0.25) is 0 Å². The van der Waals surface area contributed by atoms with Crippen LogP contribution in [0.4, 0.5) is 5.69 Å². The molecule has 0 unspecified atom stereocenters. The number of rotatable bonds is 5. The van der Waals surface area contributed by atoms with Crippen LogP contribution in [0.5, 0.6) is 0 Å². The lowest BCUT2D eigenvalue weighted by Gasteiger charge is -2.11. The first kappa shape index (κ1) is 16.0. The standard InChI is InChI=1S/C17H18INO2/c1-2-12-3-4-13(9-10-20)16(11-12)17(21)19-15-7-5-14(18)6-8-15/h3-8,11,20H,2,9-10H2,1H3,(H,19,21). The van der Waals surface area contributed by atoms with Gasteiger partial charge in [-0.05, 0) is 76.9 Å². The number of aliphatic hydroxyl groups is 1. The molecule has 0 aromatic heterocycles. The van der Waals surface area contributed by atoms with Gasteiger partial charge in [-0.15, -0.1) is 0 Å². The van der Waals surface area contributed by atoms with Gasteiger partial charge in [-0.25, -0.2) is 0 Å². The molecule has 1 amide bonds. The van der Waals surface area contributed by atoms with Gasteiger partial charge in [-0.3, -0.25) is 4.79 Å². The lowest BCUT2D eigenvalue weighted by atomic mass is 10.00. The molecule has 0 spiro atoms. The maximum atomic E-state index is 12.5. The number of carbonyl (C=O) groups is 1. The molecule has 0 bridgehead atoms. The number of nitrogens with one attached hydrogen (secondary N) is 1. The van der Waals surface area contributed by atoms with Crippen molar-refractivity contribution < 1.29 is 9.90 Å². The van der Waals surface area contributed by atoms with Gasteiger partial charge in [0.15, 0.2) is 0 Å². The molecule has 2 aromatic carbocycles. The summed E-state index contributed by atoms with van der Waals surface area (Å²) in [4.78, 5) is 12.5. The number of amides is 1. The molecule has 0 saturated carbocycles. The van der Waals surface area contributed by atoms with Gasteiger partial charge in [-0.2, -0.15) is 0 Å². The summed E-state index contributed by atoms with van der Waals surface area (Å²) in [5.74, 6) is -0.130. The quantitative estimate of drug-likeness (QED) is 0.760. The number of carbonyl (C=O) groups excluding carboxylic acids is 1. The molecule has 2 aromatic rings. The van der Waals surface area contributed by atoms with Gasteiger partial charge in [-0.1, -0.05) is 19.1 Å². The van der Waals surface area contributed by atoms with Crippen molar-refractivity contribution in [3.63, 3.8) is 0 Å². The molecule has 0 aliphatic heterocycles. The second-order valence-electron chi connectivity index (χ2n) is 4.78. The average Bonchev–Trinajstić information content (AvgIpc) is 2.50. The molecule has 0 aliphatic carbocycles. The Morgan fingerprint density at radius 2 is 1.90 bits per heavy atom. The van der Waals surface area contributed by atoms with E-state index in [2.05, 4.69) is 34.8 Å². The Balaban J connectivity index is 2.26. The maximum Gasteiger partial charge on any atom is 0.255 e. The van der Waals surface area contributed by atoms with Crippen LogP contribution in [0.3, 0.4) is 0 Å². The van der Waals surface area contributed by atoms with Crippen molar-refractivity contribution in [2.45, 2.75) is 19.8 Å². The molecule has 110 valence electrons. The number of hydrogen-bond acceptors (Lipinski definition) is 2. The van der Waals surface area contributed by atoms with Crippen LogP contribution in [0.25, 0.3) is 0 Å². The van der Waals surface area contributed by atoms with Crippen molar-refractivity contribution in [1.82, 2.24) is 0 Å². The fraction of sp³-hybridized carbons (Fsp3) is 0.235. The third-order valence-electron chi connectivity index (χ3n) is 3.31. The van der Waals surface area contributed by atoms with E-state index in [1.54, 1.807) is 0 Å². The monoisotopic (exact) mass is 395 g/mol. The Labute approximate surface area is 138 Å². The molecular formula is C17H18INO2. The van der Waals surface area contributed by atoms with Crippen molar-refractivity contribution in [3.05, 3.63) is 62.7 Å². The summed E-state index contributed by atoms with van der Waals surface area (Å²) in [6.07, 6.45) is 1.36. The Kier molecular flexibility index (Phi) is 5.76. The third-order valence-corrected chi connectivity index (χ3v) is 4.03. The second-order valence-corrected chi connectivity index (χ2v) is 6.03. The number of hydrogen-bond donors (Lipinski definition) is 2. The van der Waals surface area contributed by atoms with Crippen molar-refractivity contribution in [1.29, 1.82) is 0 Å². The van der Waals surface area contributed by atoms with E-state index in [0.717, 1.165) is 26.8 Å². The van der Waals surface area contributed by atoms with Crippen LogP contribution in [0.2, 0.25) is 0 Å². The highest BCUT2D eigenvalue weighted by atomic mass is 127. The van der Waals surface area contributed by atoms with E-state index in [-0.39, 0.29) is 12.5 Å². The number of aliphatic hydroxyl groups excluding tert-OH is 1. The summed E-state index contributed by atoms with van der Waals surface area (Å²) < 4.78 is 1.12. The molecule has 0 fully saturated rings. The molecule has 2 N–H and O–H groups in total. The fourth-order valence-electron chi connectivity index (χ4n) is 2.13. The molecule has 0 aliphatic rings. The van der Waals surface area contributed by atoms with E-state index in [1.165, 1.54) is 0 Å². The van der Waals surface area contributed by atoms with Gasteiger partial charge >= 0.3 is 0 Å². The number of halogens is 1. The molecule has 4 heteroatoms. The minimum Gasteiger partial charge on any atom is -0.396 e. The van der Waals surface area contributed by atoms with Crippen molar-refractivity contribution in [3.8, 4) is 0 Å². The minimum atomic E-state index is -0.130. The Hall–Kier alpha value is -1.40. The van der Waals surface area contributed by atoms with Crippen molar-refractivity contribution in [2.75, 3.05) is 11.9 Å². The highest BCUT2D eigenvalue weighted by Gasteiger charge is 2.12. The van der Waals surface area contributed by atoms with Crippen LogP contribution in [-0.4, -0.2) is 17.6 Å². The van der Waals surface area contributed by atoms with E-state index in [1.807, 2.05) is 42.5 Å². The summed E-state index contributed by atoms with van der Waals surface area (Å²) in [5.41, 5.74) is 3.40. The normalized spacial score (nSPS) is 10.4. The van der Waals surface area contributed by atoms with Gasteiger partial charge in [0.05, 0.1) is 0 Å². The van der Waals surface area contributed by atoms with Crippen LogP contribution in [-0.2, 0) is 12.8 Å². The Morgan fingerprint density at radius 3 is 2.52 bits per heavy atom. The van der Waals surface area contributed by atoms with E-state index >= 15 is 0 Å². The van der Waals surface area contributed by atoms with E-state index < -0.39 is 0 Å². The maximum absolute atomic E-state index is 12.5. The predicted molar refractivity (Wildman–Crippen MR) is 93.7 cm³/mol. The first-order valence-corrected chi connectivity index (χ1v) is 8.01. The van der Waals surface area contributed by atoms with E-state index in [9.17, 15) is 4.79 Å². The Bertz CT molecular complexity index is 623. The summed E-state index contributed by atoms with van der Waals surface area (Å²) in [6.45, 7) is 2.09. The first-order valence-electron chi connectivity index (χ1n) is 6.93. The highest BCUT2D eigenvalue weighted by Crippen LogP contribution is 2.17.